The van der Waals surface area contributed by atoms with Gasteiger partial charge in [-0.2, -0.15) is 0 Å². The van der Waals surface area contributed by atoms with Crippen LogP contribution in [0.1, 0.15) is 10.4 Å². The minimum Gasteiger partial charge on any atom is -0.477 e. The molecule has 1 fully saturated rings. The number of carboxylic acid groups (broad SMARTS) is 1. The first-order chi connectivity index (χ1) is 15.0. The standard InChI is InChI=1S/C23H20ClN3O3S/c1-25-7-9-26(10-8-25)18-11-15-17(12-16(18)24)27-19(14-5-3-2-4-6-14)13-31-22(27)20(21(15)28)23(29)30/h2-6,11-13H,7-10H2,1H3,(H,29,30). The fourth-order valence-corrected chi connectivity index (χ4v) is 5.51. The van der Waals surface area contributed by atoms with Gasteiger partial charge < -0.3 is 14.9 Å². The largest absolute Gasteiger partial charge is 0.477 e. The summed E-state index contributed by atoms with van der Waals surface area (Å²) in [6.45, 7) is 3.39. The molecule has 0 saturated carbocycles. The van der Waals surface area contributed by atoms with Crippen LogP contribution in [0.3, 0.4) is 0 Å². The summed E-state index contributed by atoms with van der Waals surface area (Å²) in [5, 5.41) is 12.7. The van der Waals surface area contributed by atoms with Crippen LogP contribution in [0.4, 0.5) is 5.69 Å². The summed E-state index contributed by atoms with van der Waals surface area (Å²) >= 11 is 7.96. The lowest BCUT2D eigenvalue weighted by Crippen LogP contribution is -2.44. The molecule has 0 bridgehead atoms. The number of hydrogen-bond donors (Lipinski definition) is 1. The van der Waals surface area contributed by atoms with Crippen molar-refractivity contribution < 1.29 is 9.90 Å². The number of carboxylic acids is 1. The highest BCUT2D eigenvalue weighted by atomic mass is 35.5. The van der Waals surface area contributed by atoms with Crippen LogP contribution < -0.4 is 10.3 Å². The van der Waals surface area contributed by atoms with Gasteiger partial charge in [-0.05, 0) is 24.7 Å². The van der Waals surface area contributed by atoms with Crippen LogP contribution in [0.5, 0.6) is 0 Å². The van der Waals surface area contributed by atoms with Gasteiger partial charge in [0.15, 0.2) is 0 Å². The predicted molar refractivity (Wildman–Crippen MR) is 126 cm³/mol. The molecule has 1 saturated heterocycles. The number of aromatic nitrogens is 1. The second-order valence-corrected chi connectivity index (χ2v) is 9.01. The zero-order chi connectivity index (χ0) is 21.7. The van der Waals surface area contributed by atoms with Crippen molar-refractivity contribution in [3.63, 3.8) is 0 Å². The maximum absolute atomic E-state index is 13.3. The molecule has 5 rings (SSSR count). The Morgan fingerprint density at radius 3 is 2.48 bits per heavy atom. The molecule has 6 nitrogen and oxygen atoms in total. The first kappa shape index (κ1) is 20.1. The average Bonchev–Trinajstić information content (AvgIpc) is 3.19. The second-order valence-electron chi connectivity index (χ2n) is 7.75. The molecule has 158 valence electrons. The highest BCUT2D eigenvalue weighted by molar-refractivity contribution is 7.16. The third kappa shape index (κ3) is 3.29. The van der Waals surface area contributed by atoms with Crippen LogP contribution in [-0.2, 0) is 0 Å². The summed E-state index contributed by atoms with van der Waals surface area (Å²) in [6, 6.07) is 13.3. The molecule has 31 heavy (non-hydrogen) atoms. The van der Waals surface area contributed by atoms with Gasteiger partial charge in [0, 0.05) is 36.9 Å². The Morgan fingerprint density at radius 1 is 1.10 bits per heavy atom. The van der Waals surface area contributed by atoms with Crippen molar-refractivity contribution in [3.05, 3.63) is 68.7 Å². The highest BCUT2D eigenvalue weighted by Crippen LogP contribution is 2.35. The summed E-state index contributed by atoms with van der Waals surface area (Å²) < 4.78 is 1.85. The minimum atomic E-state index is -1.22. The number of fused-ring (bicyclic) bond motifs is 3. The number of benzene rings is 2. The van der Waals surface area contributed by atoms with Crippen LogP contribution >= 0.6 is 22.9 Å². The summed E-state index contributed by atoms with van der Waals surface area (Å²) in [5.74, 6) is -1.22. The molecular weight excluding hydrogens is 434 g/mol. The molecule has 1 aliphatic heterocycles. The number of nitrogens with zero attached hydrogens (tertiary/aromatic N) is 3. The van der Waals surface area contributed by atoms with Crippen LogP contribution in [0, 0.1) is 0 Å². The molecular formula is C23H20ClN3O3S. The van der Waals surface area contributed by atoms with Crippen molar-refractivity contribution >= 4 is 50.3 Å². The molecule has 8 heteroatoms. The van der Waals surface area contributed by atoms with Gasteiger partial charge in [-0.3, -0.25) is 9.20 Å². The van der Waals surface area contributed by atoms with Gasteiger partial charge >= 0.3 is 5.97 Å². The highest BCUT2D eigenvalue weighted by Gasteiger charge is 2.24. The number of thiazole rings is 1. The molecule has 0 unspecified atom stereocenters. The minimum absolute atomic E-state index is 0.202. The fourth-order valence-electron chi connectivity index (χ4n) is 4.17. The molecule has 0 atom stereocenters. The predicted octanol–water partition coefficient (Wildman–Crippen LogP) is 4.28. The van der Waals surface area contributed by atoms with E-state index < -0.39 is 11.4 Å². The number of anilines is 1. The number of likely N-dealkylation sites (N-methyl/N-ethyl adjacent to an activating group) is 1. The van der Waals surface area contributed by atoms with Gasteiger partial charge in [-0.1, -0.05) is 41.9 Å². The van der Waals surface area contributed by atoms with Crippen LogP contribution in [0.15, 0.2) is 52.6 Å². The van der Waals surface area contributed by atoms with Crippen molar-refractivity contribution in [2.45, 2.75) is 0 Å². The van der Waals surface area contributed by atoms with Gasteiger partial charge in [-0.25, -0.2) is 4.79 Å². The van der Waals surface area contributed by atoms with Crippen LogP contribution in [0.25, 0.3) is 27.0 Å². The molecule has 2 aromatic heterocycles. The third-order valence-electron chi connectivity index (χ3n) is 5.85. The second kappa shape index (κ2) is 7.67. The van der Waals surface area contributed by atoms with Gasteiger partial charge in [0.05, 0.1) is 21.9 Å². The zero-order valence-electron chi connectivity index (χ0n) is 16.8. The Kier molecular flexibility index (Phi) is 4.97. The summed E-state index contributed by atoms with van der Waals surface area (Å²) in [5.41, 5.74) is 2.48. The normalized spacial score (nSPS) is 15.1. The van der Waals surface area contributed by atoms with Crippen molar-refractivity contribution in [3.8, 4) is 11.3 Å². The van der Waals surface area contributed by atoms with Crippen LogP contribution in [-0.4, -0.2) is 53.6 Å². The van der Waals surface area contributed by atoms with Crippen molar-refractivity contribution in [2.24, 2.45) is 0 Å². The number of halogens is 1. The topological polar surface area (TPSA) is 65.3 Å². The first-order valence-electron chi connectivity index (χ1n) is 9.97. The van der Waals surface area contributed by atoms with E-state index in [2.05, 4.69) is 16.8 Å². The van der Waals surface area contributed by atoms with E-state index in [-0.39, 0.29) is 5.56 Å². The number of hydrogen-bond acceptors (Lipinski definition) is 5. The van der Waals surface area contributed by atoms with Gasteiger partial charge in [-0.15, -0.1) is 11.3 Å². The number of rotatable bonds is 3. The lowest BCUT2D eigenvalue weighted by atomic mass is 10.1. The van der Waals surface area contributed by atoms with Crippen molar-refractivity contribution in [1.82, 2.24) is 9.30 Å². The molecule has 1 aliphatic rings. The van der Waals surface area contributed by atoms with Crippen molar-refractivity contribution in [2.75, 3.05) is 38.1 Å². The summed E-state index contributed by atoms with van der Waals surface area (Å²) in [6.07, 6.45) is 0. The van der Waals surface area contributed by atoms with Gasteiger partial charge in [0.1, 0.15) is 10.4 Å². The first-order valence-corrected chi connectivity index (χ1v) is 11.2. The van der Waals surface area contributed by atoms with Crippen molar-refractivity contribution in [1.29, 1.82) is 0 Å². The fraction of sp³-hybridized carbons (Fsp3) is 0.217. The van der Waals surface area contributed by atoms with Gasteiger partial charge in [0.25, 0.3) is 0 Å². The Bertz CT molecular complexity index is 1370. The molecule has 1 N–H and O–H groups in total. The Labute approximate surface area is 187 Å². The van der Waals surface area contributed by atoms with E-state index in [0.29, 0.717) is 20.8 Å². The lowest BCUT2D eigenvalue weighted by molar-refractivity contribution is 0.0697. The lowest BCUT2D eigenvalue weighted by Gasteiger charge is -2.34. The van der Waals surface area contributed by atoms with E-state index in [0.717, 1.165) is 43.1 Å². The number of carbonyl (C=O) groups is 1. The zero-order valence-corrected chi connectivity index (χ0v) is 18.4. The molecule has 0 spiro atoms. The molecule has 3 heterocycles. The van der Waals surface area contributed by atoms with Crippen LogP contribution in [0.2, 0.25) is 5.02 Å². The van der Waals surface area contributed by atoms with Gasteiger partial charge in [0.2, 0.25) is 5.43 Å². The molecule has 2 aromatic carbocycles. The maximum atomic E-state index is 13.3. The molecule has 0 amide bonds. The number of pyridine rings is 1. The van der Waals surface area contributed by atoms with E-state index in [1.54, 1.807) is 12.1 Å². The Balaban J connectivity index is 1.83. The average molecular weight is 454 g/mol. The maximum Gasteiger partial charge on any atom is 0.342 e. The summed E-state index contributed by atoms with van der Waals surface area (Å²) in [4.78, 5) is 30.1. The van der Waals surface area contributed by atoms with E-state index in [9.17, 15) is 14.7 Å². The number of piperazine rings is 1. The summed E-state index contributed by atoms with van der Waals surface area (Å²) in [7, 11) is 2.07. The molecule has 0 aliphatic carbocycles. The monoisotopic (exact) mass is 453 g/mol. The van der Waals surface area contributed by atoms with E-state index in [1.807, 2.05) is 40.1 Å². The Hall–Kier alpha value is -2.87. The Morgan fingerprint density at radius 2 is 1.81 bits per heavy atom. The van der Waals surface area contributed by atoms with E-state index in [4.69, 9.17) is 11.6 Å². The van der Waals surface area contributed by atoms with E-state index in [1.165, 1.54) is 11.3 Å². The number of aromatic carboxylic acids is 1. The SMILES string of the molecule is CN1CCN(c2cc3c(=O)c(C(=O)O)c4scc(-c5ccccc5)n4c3cc2Cl)CC1. The quantitative estimate of drug-likeness (QED) is 0.501. The molecule has 4 aromatic rings. The van der Waals surface area contributed by atoms with E-state index >= 15 is 0 Å². The smallest absolute Gasteiger partial charge is 0.342 e. The molecule has 0 radical (unpaired) electrons. The third-order valence-corrected chi connectivity index (χ3v) is 7.10.